The Labute approximate surface area is 196 Å². The van der Waals surface area contributed by atoms with E-state index in [1.54, 1.807) is 17.0 Å². The van der Waals surface area contributed by atoms with Crippen LogP contribution in [0, 0.1) is 0 Å². The lowest BCUT2D eigenvalue weighted by molar-refractivity contribution is 0.0760. The van der Waals surface area contributed by atoms with E-state index in [0.717, 1.165) is 5.56 Å². The first-order chi connectivity index (χ1) is 15.2. The number of nitrogens with zero attached hydrogens (tertiary/aromatic N) is 3. The van der Waals surface area contributed by atoms with Crippen LogP contribution in [0.2, 0.25) is 10.0 Å². The highest BCUT2D eigenvalue weighted by molar-refractivity contribution is 7.87. The van der Waals surface area contributed by atoms with Gasteiger partial charge in [-0.25, -0.2) is 4.98 Å². The zero-order valence-electron chi connectivity index (χ0n) is 17.5. The van der Waals surface area contributed by atoms with Gasteiger partial charge in [0.2, 0.25) is 5.03 Å². The summed E-state index contributed by atoms with van der Waals surface area (Å²) in [4.78, 5) is 8.39. The van der Waals surface area contributed by atoms with Crippen molar-refractivity contribution in [2.24, 2.45) is 0 Å². The molecule has 0 spiro atoms. The normalized spacial score (nSPS) is 11.8. The zero-order chi connectivity index (χ0) is 23.3. The Morgan fingerprint density at radius 1 is 1.12 bits per heavy atom. The van der Waals surface area contributed by atoms with E-state index in [2.05, 4.69) is 9.97 Å². The number of hydrogen-bond donors (Lipinski definition) is 1. The average molecular weight is 500 g/mol. The molecule has 0 aliphatic rings. The highest BCUT2D eigenvalue weighted by Crippen LogP contribution is 2.31. The van der Waals surface area contributed by atoms with Crippen LogP contribution < -0.4 is 4.18 Å². The summed E-state index contributed by atoms with van der Waals surface area (Å²) >= 11 is 12.0. The number of rotatable bonds is 10. The minimum Gasteiger partial charge on any atom is -0.394 e. The van der Waals surface area contributed by atoms with Gasteiger partial charge in [0.15, 0.2) is 0 Å². The number of aliphatic hydroxyl groups is 1. The van der Waals surface area contributed by atoms with Crippen LogP contribution in [0.15, 0.2) is 47.8 Å². The lowest BCUT2D eigenvalue weighted by Crippen LogP contribution is -2.15. The standard InChI is InChI=1S/C21H23Cl2N3O5S/c1-14(2)20-21(32(28,29)31-18-10-16(22)9-17(23)11-18)25-19(13-30-8-7-27)26(20)12-15-3-5-24-6-4-15/h3-6,9-11,14,27H,7-8,12-13H2,1-2H3. The summed E-state index contributed by atoms with van der Waals surface area (Å²) in [5.41, 5.74) is 1.38. The molecule has 0 amide bonds. The first kappa shape index (κ1) is 24.5. The molecule has 172 valence electrons. The van der Waals surface area contributed by atoms with E-state index in [0.29, 0.717) is 18.1 Å². The van der Waals surface area contributed by atoms with Crippen LogP contribution in [0.4, 0.5) is 0 Å². The average Bonchev–Trinajstić information content (AvgIpc) is 3.07. The maximum Gasteiger partial charge on any atom is 0.358 e. The molecule has 0 unspecified atom stereocenters. The summed E-state index contributed by atoms with van der Waals surface area (Å²) in [6, 6.07) is 7.86. The fourth-order valence-electron chi connectivity index (χ4n) is 3.16. The van der Waals surface area contributed by atoms with E-state index in [1.807, 2.05) is 26.0 Å². The number of pyridine rings is 1. The van der Waals surface area contributed by atoms with E-state index in [-0.39, 0.29) is 46.6 Å². The Morgan fingerprint density at radius 3 is 2.38 bits per heavy atom. The second kappa shape index (κ2) is 10.6. The summed E-state index contributed by atoms with van der Waals surface area (Å²) in [7, 11) is -4.31. The predicted octanol–water partition coefficient (Wildman–Crippen LogP) is 4.03. The molecule has 1 N–H and O–H groups in total. The highest BCUT2D eigenvalue weighted by Gasteiger charge is 2.31. The van der Waals surface area contributed by atoms with Crippen molar-refractivity contribution in [3.63, 3.8) is 0 Å². The lowest BCUT2D eigenvalue weighted by atomic mass is 10.1. The van der Waals surface area contributed by atoms with E-state index in [9.17, 15) is 8.42 Å². The molecule has 32 heavy (non-hydrogen) atoms. The van der Waals surface area contributed by atoms with E-state index < -0.39 is 10.1 Å². The van der Waals surface area contributed by atoms with Gasteiger partial charge in [-0.15, -0.1) is 0 Å². The van der Waals surface area contributed by atoms with Crippen LogP contribution >= 0.6 is 23.2 Å². The molecule has 3 aromatic rings. The topological polar surface area (TPSA) is 104 Å². The molecule has 8 nitrogen and oxygen atoms in total. The number of ether oxygens (including phenoxy) is 1. The van der Waals surface area contributed by atoms with Crippen molar-refractivity contribution in [3.8, 4) is 5.75 Å². The summed E-state index contributed by atoms with van der Waals surface area (Å²) in [5.74, 6) is 0.177. The van der Waals surface area contributed by atoms with Crippen molar-refractivity contribution >= 4 is 33.3 Å². The van der Waals surface area contributed by atoms with Gasteiger partial charge in [0.25, 0.3) is 0 Å². The molecular weight excluding hydrogens is 477 g/mol. The molecule has 0 bridgehead atoms. The SMILES string of the molecule is CC(C)c1c(S(=O)(=O)Oc2cc(Cl)cc(Cl)c2)nc(COCCO)n1Cc1ccncc1. The van der Waals surface area contributed by atoms with E-state index in [1.165, 1.54) is 18.2 Å². The predicted molar refractivity (Wildman–Crippen MR) is 121 cm³/mol. The minimum absolute atomic E-state index is 0.0148. The number of imidazole rings is 1. The second-order valence-corrected chi connectivity index (χ2v) is 9.57. The van der Waals surface area contributed by atoms with Crippen molar-refractivity contribution in [1.82, 2.24) is 14.5 Å². The van der Waals surface area contributed by atoms with Gasteiger partial charge in [0.1, 0.15) is 18.2 Å². The van der Waals surface area contributed by atoms with Gasteiger partial charge < -0.3 is 18.6 Å². The molecule has 11 heteroatoms. The van der Waals surface area contributed by atoms with Crippen molar-refractivity contribution in [3.05, 3.63) is 69.9 Å². The summed E-state index contributed by atoms with van der Waals surface area (Å²) < 4.78 is 39.0. The first-order valence-electron chi connectivity index (χ1n) is 9.78. The first-order valence-corrected chi connectivity index (χ1v) is 11.9. The zero-order valence-corrected chi connectivity index (χ0v) is 19.9. The van der Waals surface area contributed by atoms with Gasteiger partial charge in [0.05, 0.1) is 18.9 Å². The minimum atomic E-state index is -4.31. The van der Waals surface area contributed by atoms with Crippen molar-refractivity contribution in [2.75, 3.05) is 13.2 Å². The van der Waals surface area contributed by atoms with Crippen LogP contribution in [0.3, 0.4) is 0 Å². The lowest BCUT2D eigenvalue weighted by Gasteiger charge is -2.15. The molecule has 2 heterocycles. The highest BCUT2D eigenvalue weighted by atomic mass is 35.5. The van der Waals surface area contributed by atoms with Crippen molar-refractivity contribution in [2.45, 2.75) is 37.9 Å². The van der Waals surface area contributed by atoms with Crippen LogP contribution in [0.1, 0.15) is 36.8 Å². The Morgan fingerprint density at radius 2 is 1.78 bits per heavy atom. The number of benzene rings is 1. The van der Waals surface area contributed by atoms with Crippen LogP contribution in [-0.2, 0) is 28.0 Å². The number of aliphatic hydroxyl groups excluding tert-OH is 1. The maximum atomic E-state index is 13.2. The molecule has 0 aliphatic carbocycles. The molecule has 1 aromatic carbocycles. The number of halogens is 2. The van der Waals surface area contributed by atoms with Crippen molar-refractivity contribution < 1.29 is 22.4 Å². The third kappa shape index (κ3) is 5.99. The summed E-state index contributed by atoms with van der Waals surface area (Å²) in [6.07, 6.45) is 3.32. The van der Waals surface area contributed by atoms with Gasteiger partial charge in [-0.05, 0) is 29.7 Å². The fraction of sp³-hybridized carbons (Fsp3) is 0.333. The molecule has 0 atom stereocenters. The fourth-order valence-corrected chi connectivity index (χ4v) is 4.91. The maximum absolute atomic E-state index is 13.2. The number of hydrogen-bond acceptors (Lipinski definition) is 7. The molecule has 0 fully saturated rings. The molecule has 0 radical (unpaired) electrons. The molecule has 2 aromatic heterocycles. The Balaban J connectivity index is 2.07. The van der Waals surface area contributed by atoms with Gasteiger partial charge in [-0.1, -0.05) is 37.0 Å². The van der Waals surface area contributed by atoms with Gasteiger partial charge >= 0.3 is 10.1 Å². The molecule has 0 saturated carbocycles. The van der Waals surface area contributed by atoms with Gasteiger partial charge in [0, 0.05) is 41.1 Å². The van der Waals surface area contributed by atoms with Crippen molar-refractivity contribution in [1.29, 1.82) is 0 Å². The third-order valence-electron chi connectivity index (χ3n) is 4.43. The summed E-state index contributed by atoms with van der Waals surface area (Å²) in [5, 5.41) is 9.32. The Hall–Kier alpha value is -2.17. The van der Waals surface area contributed by atoms with Crippen LogP contribution in [-0.4, -0.2) is 41.3 Å². The smallest absolute Gasteiger partial charge is 0.358 e. The second-order valence-electron chi connectivity index (χ2n) is 7.23. The summed E-state index contributed by atoms with van der Waals surface area (Å²) in [6.45, 7) is 4.05. The van der Waals surface area contributed by atoms with Crippen LogP contribution in [0.25, 0.3) is 0 Å². The van der Waals surface area contributed by atoms with E-state index in [4.69, 9.17) is 37.2 Å². The quantitative estimate of drug-likeness (QED) is 0.331. The molecule has 3 rings (SSSR count). The molecule has 0 aliphatic heterocycles. The monoisotopic (exact) mass is 499 g/mol. The van der Waals surface area contributed by atoms with Crippen LogP contribution in [0.5, 0.6) is 5.75 Å². The van der Waals surface area contributed by atoms with E-state index >= 15 is 0 Å². The largest absolute Gasteiger partial charge is 0.394 e. The Kier molecular flexibility index (Phi) is 8.13. The molecule has 0 saturated heterocycles. The van der Waals surface area contributed by atoms with Gasteiger partial charge in [-0.3, -0.25) is 4.98 Å². The molecular formula is C21H23Cl2N3O5S. The van der Waals surface area contributed by atoms with Gasteiger partial charge in [-0.2, -0.15) is 8.42 Å². The number of aromatic nitrogens is 3. The Bertz CT molecular complexity index is 1150. The third-order valence-corrected chi connectivity index (χ3v) is 6.06.